The van der Waals surface area contributed by atoms with Crippen LogP contribution in [0.2, 0.25) is 0 Å². The quantitative estimate of drug-likeness (QED) is 0.411. The Labute approximate surface area is 152 Å². The number of carbonyl (C=O) groups excluding carboxylic acids is 2. The summed E-state index contributed by atoms with van der Waals surface area (Å²) in [4.78, 5) is 24.8. The molecule has 0 aromatic carbocycles. The average Bonchev–Trinajstić information content (AvgIpc) is 3.06. The Hall–Kier alpha value is -1.30. The molecule has 2 aliphatic heterocycles. The van der Waals surface area contributed by atoms with Gasteiger partial charge in [0.2, 0.25) is 0 Å². The van der Waals surface area contributed by atoms with Crippen molar-refractivity contribution in [2.24, 2.45) is 0 Å². The van der Waals surface area contributed by atoms with Gasteiger partial charge in [-0.2, -0.15) is 0 Å². The fourth-order valence-corrected chi connectivity index (χ4v) is 3.02. The van der Waals surface area contributed by atoms with Crippen LogP contribution in [0.1, 0.15) is 27.7 Å². The number of nitrogens with one attached hydrogen (secondary N) is 2. The molecule has 0 radical (unpaired) electrons. The normalized spacial score (nSPS) is 32.4. The second kappa shape index (κ2) is 8.15. The van der Waals surface area contributed by atoms with Crippen LogP contribution in [0.25, 0.3) is 0 Å². The van der Waals surface area contributed by atoms with E-state index in [1.165, 1.54) is 0 Å². The van der Waals surface area contributed by atoms with Crippen molar-refractivity contribution >= 4 is 11.8 Å². The van der Waals surface area contributed by atoms with E-state index in [1.807, 2.05) is 0 Å². The zero-order valence-corrected chi connectivity index (χ0v) is 15.5. The second-order valence-corrected chi connectivity index (χ2v) is 7.07. The molecule has 0 spiro atoms. The van der Waals surface area contributed by atoms with E-state index in [2.05, 4.69) is 10.6 Å². The minimum Gasteiger partial charge on any atom is -0.395 e. The van der Waals surface area contributed by atoms with E-state index in [0.29, 0.717) is 0 Å². The van der Waals surface area contributed by atoms with Crippen molar-refractivity contribution in [1.82, 2.24) is 10.6 Å². The van der Waals surface area contributed by atoms with Crippen LogP contribution in [0.3, 0.4) is 0 Å². The highest BCUT2D eigenvalue weighted by Crippen LogP contribution is 2.38. The Balaban J connectivity index is 2.22. The summed E-state index contributed by atoms with van der Waals surface area (Å²) in [6.07, 6.45) is -3.86. The van der Waals surface area contributed by atoms with Crippen molar-refractivity contribution in [2.45, 2.75) is 63.7 Å². The van der Waals surface area contributed by atoms with Crippen molar-refractivity contribution in [3.8, 4) is 0 Å². The third kappa shape index (κ3) is 4.90. The molecule has 2 amide bonds. The SMILES string of the molecule is CC1(C)OC(C(=O)NCCO)[C@H](C2OC(C)(C)O[C@@H]2C(=O)NCCO)O1. The first-order valence-electron chi connectivity index (χ1n) is 8.58. The highest BCUT2D eigenvalue weighted by atomic mass is 16.8. The molecule has 2 fully saturated rings. The summed E-state index contributed by atoms with van der Waals surface area (Å²) >= 11 is 0. The van der Waals surface area contributed by atoms with Gasteiger partial charge in [-0.1, -0.05) is 0 Å². The molecule has 2 heterocycles. The van der Waals surface area contributed by atoms with Crippen molar-refractivity contribution in [1.29, 1.82) is 0 Å². The lowest BCUT2D eigenvalue weighted by molar-refractivity contribution is -0.175. The second-order valence-electron chi connectivity index (χ2n) is 7.07. The fourth-order valence-electron chi connectivity index (χ4n) is 3.02. The Morgan fingerprint density at radius 2 is 1.12 bits per heavy atom. The molecular weight excluding hydrogens is 348 g/mol. The largest absolute Gasteiger partial charge is 0.395 e. The van der Waals surface area contributed by atoms with Gasteiger partial charge in [0.1, 0.15) is 12.2 Å². The van der Waals surface area contributed by atoms with E-state index >= 15 is 0 Å². The molecule has 2 unspecified atom stereocenters. The third-order valence-corrected chi connectivity index (χ3v) is 3.92. The van der Waals surface area contributed by atoms with Crippen molar-refractivity contribution in [3.05, 3.63) is 0 Å². The highest BCUT2D eigenvalue weighted by molar-refractivity contribution is 5.84. The highest BCUT2D eigenvalue weighted by Gasteiger charge is 2.57. The number of carbonyl (C=O) groups is 2. The fraction of sp³-hybridized carbons (Fsp3) is 0.875. The number of hydrogen-bond acceptors (Lipinski definition) is 8. The van der Waals surface area contributed by atoms with Gasteiger partial charge in [0.25, 0.3) is 11.8 Å². The first-order chi connectivity index (χ1) is 12.1. The van der Waals surface area contributed by atoms with Gasteiger partial charge < -0.3 is 39.8 Å². The Bertz CT molecular complexity index is 478. The topological polar surface area (TPSA) is 136 Å². The van der Waals surface area contributed by atoms with Crippen molar-refractivity contribution < 1.29 is 38.7 Å². The Morgan fingerprint density at radius 1 is 0.769 bits per heavy atom. The minimum absolute atomic E-state index is 0.0692. The predicted octanol–water partition coefficient (Wildman–Crippen LogP) is -1.76. The van der Waals surface area contributed by atoms with E-state index in [1.54, 1.807) is 27.7 Å². The van der Waals surface area contributed by atoms with Gasteiger partial charge in [-0.3, -0.25) is 9.59 Å². The smallest absolute Gasteiger partial charge is 0.252 e. The maximum atomic E-state index is 12.4. The van der Waals surface area contributed by atoms with Crippen LogP contribution in [0.5, 0.6) is 0 Å². The van der Waals surface area contributed by atoms with Crippen LogP contribution >= 0.6 is 0 Å². The van der Waals surface area contributed by atoms with Gasteiger partial charge >= 0.3 is 0 Å². The molecule has 2 aliphatic rings. The number of aliphatic hydroxyl groups is 2. The van der Waals surface area contributed by atoms with Gasteiger partial charge in [0, 0.05) is 13.1 Å². The molecule has 4 atom stereocenters. The Kier molecular flexibility index (Phi) is 6.59. The van der Waals surface area contributed by atoms with E-state index in [9.17, 15) is 9.59 Å². The molecule has 4 N–H and O–H groups in total. The molecule has 26 heavy (non-hydrogen) atoms. The molecule has 150 valence electrons. The van der Waals surface area contributed by atoms with E-state index in [0.717, 1.165) is 0 Å². The summed E-state index contributed by atoms with van der Waals surface area (Å²) in [6, 6.07) is 0. The molecule has 0 aliphatic carbocycles. The summed E-state index contributed by atoms with van der Waals surface area (Å²) < 4.78 is 23.1. The first-order valence-corrected chi connectivity index (χ1v) is 8.58. The van der Waals surface area contributed by atoms with Gasteiger partial charge in [-0.05, 0) is 27.7 Å². The molecule has 2 rings (SSSR count). The number of aliphatic hydroxyl groups excluding tert-OH is 2. The van der Waals surface area contributed by atoms with Gasteiger partial charge in [0.05, 0.1) is 13.2 Å². The zero-order valence-electron chi connectivity index (χ0n) is 15.5. The average molecular weight is 376 g/mol. The molecule has 0 aromatic heterocycles. The lowest BCUT2D eigenvalue weighted by Gasteiger charge is -2.25. The molecule has 10 nitrogen and oxygen atoms in total. The summed E-state index contributed by atoms with van der Waals surface area (Å²) in [5.41, 5.74) is 0. The van der Waals surface area contributed by atoms with Gasteiger partial charge in [-0.15, -0.1) is 0 Å². The maximum Gasteiger partial charge on any atom is 0.252 e. The number of rotatable bonds is 7. The molecule has 0 aromatic rings. The third-order valence-electron chi connectivity index (χ3n) is 3.92. The summed E-state index contributed by atoms with van der Waals surface area (Å²) in [5.74, 6) is -3.07. The van der Waals surface area contributed by atoms with Crippen LogP contribution in [-0.2, 0) is 28.5 Å². The first kappa shape index (κ1) is 21.0. The van der Waals surface area contributed by atoms with E-state index in [4.69, 9.17) is 29.2 Å². The zero-order chi connectivity index (χ0) is 19.5. The van der Waals surface area contributed by atoms with Crippen molar-refractivity contribution in [3.63, 3.8) is 0 Å². The molecule has 2 saturated heterocycles. The van der Waals surface area contributed by atoms with E-state index in [-0.39, 0.29) is 26.3 Å². The lowest BCUT2D eigenvalue weighted by atomic mass is 10.0. The van der Waals surface area contributed by atoms with E-state index < -0.39 is 47.8 Å². The standard InChI is InChI=1S/C16H28N2O8/c1-15(2)23-9(11(25-15)13(21)17-5-7-19)10-12(14(22)18-6-8-20)26-16(3,4)24-10/h9-12,19-20H,5-8H2,1-4H3,(H,17,21)(H,18,22)/t9-,10?,11?,12-/m0/s1. The number of ether oxygens (including phenoxy) is 4. The maximum absolute atomic E-state index is 12.4. The molecular formula is C16H28N2O8. The summed E-state index contributed by atoms with van der Waals surface area (Å²) in [6.45, 7) is 6.33. The van der Waals surface area contributed by atoms with Gasteiger partial charge in [0.15, 0.2) is 23.8 Å². The van der Waals surface area contributed by atoms with Crippen LogP contribution in [0.15, 0.2) is 0 Å². The summed E-state index contributed by atoms with van der Waals surface area (Å²) in [7, 11) is 0. The Morgan fingerprint density at radius 3 is 1.42 bits per heavy atom. The minimum atomic E-state index is -1.06. The lowest BCUT2D eigenvalue weighted by Crippen LogP contribution is -2.52. The van der Waals surface area contributed by atoms with Crippen LogP contribution in [-0.4, -0.2) is 84.3 Å². The molecule has 10 heteroatoms. The monoisotopic (exact) mass is 376 g/mol. The predicted molar refractivity (Wildman–Crippen MR) is 87.8 cm³/mol. The van der Waals surface area contributed by atoms with Crippen LogP contribution < -0.4 is 10.6 Å². The number of hydrogen-bond donors (Lipinski definition) is 4. The summed E-state index contributed by atoms with van der Waals surface area (Å²) in [5, 5.41) is 22.9. The molecule has 0 bridgehead atoms. The number of amides is 2. The molecule has 0 saturated carbocycles. The van der Waals surface area contributed by atoms with Gasteiger partial charge in [-0.25, -0.2) is 0 Å². The van der Waals surface area contributed by atoms with Crippen LogP contribution in [0.4, 0.5) is 0 Å². The van der Waals surface area contributed by atoms with Crippen molar-refractivity contribution in [2.75, 3.05) is 26.3 Å². The van der Waals surface area contributed by atoms with Crippen LogP contribution in [0, 0.1) is 0 Å².